The highest BCUT2D eigenvalue weighted by atomic mass is 16.2. The predicted molar refractivity (Wildman–Crippen MR) is 64.8 cm³/mol. The van der Waals surface area contributed by atoms with Crippen molar-refractivity contribution >= 4 is 6.03 Å². The summed E-state index contributed by atoms with van der Waals surface area (Å²) in [5.74, 6) is 0. The van der Waals surface area contributed by atoms with Crippen molar-refractivity contribution in [3.05, 3.63) is 23.3 Å². The molecule has 2 rings (SSSR count). The van der Waals surface area contributed by atoms with Crippen LogP contribution in [0.5, 0.6) is 0 Å². The maximum atomic E-state index is 11.9. The molecule has 0 radical (unpaired) electrons. The quantitative estimate of drug-likeness (QED) is 0.669. The van der Waals surface area contributed by atoms with E-state index >= 15 is 0 Å². The first kappa shape index (κ1) is 11.8. The molecular formula is C12H18N4O. The van der Waals surface area contributed by atoms with Crippen LogP contribution < -0.4 is 0 Å². The summed E-state index contributed by atoms with van der Waals surface area (Å²) in [7, 11) is 3.57. The van der Waals surface area contributed by atoms with Crippen LogP contribution in [0.4, 0.5) is 4.79 Å². The van der Waals surface area contributed by atoms with E-state index in [0.717, 1.165) is 37.3 Å². The molecule has 1 aromatic heterocycles. The number of aryl methyl sites for hydroxylation is 1. The van der Waals surface area contributed by atoms with Gasteiger partial charge in [-0.25, -0.2) is 14.8 Å². The SMILES string of the molecule is Cc1ncnc2c1CCN(C(=O)N(C)C)CC2. The van der Waals surface area contributed by atoms with Crippen LogP contribution in [0.15, 0.2) is 6.33 Å². The van der Waals surface area contributed by atoms with E-state index in [1.807, 2.05) is 11.8 Å². The van der Waals surface area contributed by atoms with E-state index in [0.29, 0.717) is 0 Å². The topological polar surface area (TPSA) is 49.3 Å². The predicted octanol–water partition coefficient (Wildman–Crippen LogP) is 0.867. The Labute approximate surface area is 101 Å². The minimum absolute atomic E-state index is 0.0726. The average molecular weight is 234 g/mol. The van der Waals surface area contributed by atoms with Crippen molar-refractivity contribution < 1.29 is 4.79 Å². The molecule has 0 aromatic carbocycles. The van der Waals surface area contributed by atoms with Crippen LogP contribution in [0.3, 0.4) is 0 Å². The zero-order valence-corrected chi connectivity index (χ0v) is 10.6. The molecule has 0 N–H and O–H groups in total. The zero-order valence-electron chi connectivity index (χ0n) is 10.6. The number of aromatic nitrogens is 2. The van der Waals surface area contributed by atoms with Gasteiger partial charge in [-0.05, 0) is 18.9 Å². The van der Waals surface area contributed by atoms with Crippen molar-refractivity contribution in [2.75, 3.05) is 27.2 Å². The third-order valence-corrected chi connectivity index (χ3v) is 3.15. The van der Waals surface area contributed by atoms with Crippen LogP contribution >= 0.6 is 0 Å². The van der Waals surface area contributed by atoms with Crippen molar-refractivity contribution in [2.24, 2.45) is 0 Å². The number of fused-ring (bicyclic) bond motifs is 1. The maximum Gasteiger partial charge on any atom is 0.319 e. The Morgan fingerprint density at radius 1 is 1.29 bits per heavy atom. The Balaban J connectivity index is 2.17. The molecule has 2 amide bonds. The summed E-state index contributed by atoms with van der Waals surface area (Å²) in [5, 5.41) is 0. The molecular weight excluding hydrogens is 216 g/mol. The summed E-state index contributed by atoms with van der Waals surface area (Å²) in [4.78, 5) is 23.9. The second-order valence-corrected chi connectivity index (χ2v) is 4.55. The second kappa shape index (κ2) is 4.69. The van der Waals surface area contributed by atoms with Gasteiger partial charge in [0.1, 0.15) is 6.33 Å². The highest BCUT2D eigenvalue weighted by molar-refractivity contribution is 5.73. The summed E-state index contributed by atoms with van der Waals surface area (Å²) < 4.78 is 0. The molecule has 92 valence electrons. The third-order valence-electron chi connectivity index (χ3n) is 3.15. The molecule has 2 heterocycles. The molecule has 5 heteroatoms. The Morgan fingerprint density at radius 3 is 2.71 bits per heavy atom. The first-order chi connectivity index (χ1) is 8.09. The Kier molecular flexibility index (Phi) is 3.26. The largest absolute Gasteiger partial charge is 0.331 e. The van der Waals surface area contributed by atoms with E-state index in [2.05, 4.69) is 9.97 Å². The van der Waals surface area contributed by atoms with Crippen LogP contribution in [0, 0.1) is 6.92 Å². The monoisotopic (exact) mass is 234 g/mol. The summed E-state index contributed by atoms with van der Waals surface area (Å²) in [6, 6.07) is 0.0726. The minimum Gasteiger partial charge on any atom is -0.331 e. The third kappa shape index (κ3) is 2.38. The smallest absolute Gasteiger partial charge is 0.319 e. The molecule has 5 nitrogen and oxygen atoms in total. The van der Waals surface area contributed by atoms with E-state index in [9.17, 15) is 4.79 Å². The summed E-state index contributed by atoms with van der Waals surface area (Å²) in [6.45, 7) is 3.49. The van der Waals surface area contributed by atoms with Crippen molar-refractivity contribution in [3.8, 4) is 0 Å². The first-order valence-electron chi connectivity index (χ1n) is 5.85. The van der Waals surface area contributed by atoms with E-state index in [1.165, 1.54) is 5.56 Å². The van der Waals surface area contributed by atoms with Gasteiger partial charge in [-0.2, -0.15) is 0 Å². The molecule has 0 saturated carbocycles. The van der Waals surface area contributed by atoms with Gasteiger partial charge in [-0.3, -0.25) is 0 Å². The fraction of sp³-hybridized carbons (Fsp3) is 0.583. The van der Waals surface area contributed by atoms with Gasteiger partial charge in [0.15, 0.2) is 0 Å². The van der Waals surface area contributed by atoms with Gasteiger partial charge in [-0.15, -0.1) is 0 Å². The first-order valence-corrected chi connectivity index (χ1v) is 5.85. The Morgan fingerprint density at radius 2 is 2.00 bits per heavy atom. The van der Waals surface area contributed by atoms with Gasteiger partial charge in [0, 0.05) is 45.0 Å². The molecule has 0 spiro atoms. The standard InChI is InChI=1S/C12H18N4O/c1-9-10-4-6-16(12(17)15(2)3)7-5-11(10)14-8-13-9/h8H,4-7H2,1-3H3. The minimum atomic E-state index is 0.0726. The van der Waals surface area contributed by atoms with E-state index in [1.54, 1.807) is 25.3 Å². The van der Waals surface area contributed by atoms with Gasteiger partial charge in [-0.1, -0.05) is 0 Å². The van der Waals surface area contributed by atoms with Crippen molar-refractivity contribution in [2.45, 2.75) is 19.8 Å². The summed E-state index contributed by atoms with van der Waals surface area (Å²) in [5.41, 5.74) is 3.34. The molecule has 17 heavy (non-hydrogen) atoms. The van der Waals surface area contributed by atoms with Gasteiger partial charge in [0.05, 0.1) is 0 Å². The van der Waals surface area contributed by atoms with E-state index in [4.69, 9.17) is 0 Å². The van der Waals surface area contributed by atoms with Crippen LogP contribution in [-0.2, 0) is 12.8 Å². The van der Waals surface area contributed by atoms with Gasteiger partial charge < -0.3 is 9.80 Å². The van der Waals surface area contributed by atoms with Crippen LogP contribution in [-0.4, -0.2) is 53.0 Å². The molecule has 1 aromatic rings. The normalized spacial score (nSPS) is 15.1. The number of hydrogen-bond donors (Lipinski definition) is 0. The Hall–Kier alpha value is -1.65. The van der Waals surface area contributed by atoms with Gasteiger partial charge in [0.25, 0.3) is 0 Å². The number of rotatable bonds is 0. The second-order valence-electron chi connectivity index (χ2n) is 4.55. The zero-order chi connectivity index (χ0) is 12.4. The molecule has 0 unspecified atom stereocenters. The highest BCUT2D eigenvalue weighted by Crippen LogP contribution is 2.16. The van der Waals surface area contributed by atoms with Crippen molar-refractivity contribution in [1.82, 2.24) is 19.8 Å². The summed E-state index contributed by atoms with van der Waals surface area (Å²) >= 11 is 0. The highest BCUT2D eigenvalue weighted by Gasteiger charge is 2.21. The van der Waals surface area contributed by atoms with Crippen LogP contribution in [0.1, 0.15) is 17.0 Å². The van der Waals surface area contributed by atoms with E-state index < -0.39 is 0 Å². The molecule has 0 atom stereocenters. The number of carbonyl (C=O) groups is 1. The lowest BCUT2D eigenvalue weighted by Gasteiger charge is -2.24. The number of urea groups is 1. The lowest BCUT2D eigenvalue weighted by atomic mass is 10.1. The Bertz CT molecular complexity index is 431. The molecule has 0 saturated heterocycles. The molecule has 0 aliphatic carbocycles. The fourth-order valence-corrected chi connectivity index (χ4v) is 2.16. The molecule has 1 aliphatic rings. The van der Waals surface area contributed by atoms with Crippen molar-refractivity contribution in [1.29, 1.82) is 0 Å². The fourth-order valence-electron chi connectivity index (χ4n) is 2.16. The average Bonchev–Trinajstić information content (AvgIpc) is 2.51. The van der Waals surface area contributed by atoms with E-state index in [-0.39, 0.29) is 6.03 Å². The van der Waals surface area contributed by atoms with Gasteiger partial charge >= 0.3 is 6.03 Å². The number of hydrogen-bond acceptors (Lipinski definition) is 3. The molecule has 0 fully saturated rings. The molecule has 0 bridgehead atoms. The lowest BCUT2D eigenvalue weighted by molar-refractivity contribution is 0.173. The number of amides is 2. The maximum absolute atomic E-state index is 11.9. The number of nitrogens with zero attached hydrogens (tertiary/aromatic N) is 4. The van der Waals surface area contributed by atoms with Gasteiger partial charge in [0.2, 0.25) is 0 Å². The summed E-state index contributed by atoms with van der Waals surface area (Å²) in [6.07, 6.45) is 3.28. The lowest BCUT2D eigenvalue weighted by Crippen LogP contribution is -2.40. The van der Waals surface area contributed by atoms with Crippen LogP contribution in [0.2, 0.25) is 0 Å². The number of carbonyl (C=O) groups excluding carboxylic acids is 1. The molecule has 1 aliphatic heterocycles. The van der Waals surface area contributed by atoms with Crippen LogP contribution in [0.25, 0.3) is 0 Å². The van der Waals surface area contributed by atoms with Crippen molar-refractivity contribution in [3.63, 3.8) is 0 Å².